The van der Waals surface area contributed by atoms with Gasteiger partial charge in [-0.3, -0.25) is 0 Å². The predicted octanol–water partition coefficient (Wildman–Crippen LogP) is 3.35. The quantitative estimate of drug-likeness (QED) is 0.770. The lowest BCUT2D eigenvalue weighted by Crippen LogP contribution is -2.33. The Morgan fingerprint density at radius 2 is 1.60 bits per heavy atom. The van der Waals surface area contributed by atoms with Gasteiger partial charge in [0, 0.05) is 0 Å². The zero-order valence-corrected chi connectivity index (χ0v) is 9.24. The van der Waals surface area contributed by atoms with E-state index in [0.29, 0.717) is 12.5 Å². The number of hydrogen-bond acceptors (Lipinski definition) is 1. The average molecular weight is 223 g/mol. The van der Waals surface area contributed by atoms with Gasteiger partial charge in [0.25, 0.3) is 0 Å². The van der Waals surface area contributed by atoms with Crippen LogP contribution in [0, 0.1) is 11.8 Å². The molecule has 0 aromatic heterocycles. The highest BCUT2D eigenvalue weighted by Crippen LogP contribution is 2.30. The van der Waals surface area contributed by atoms with Gasteiger partial charge < -0.3 is 5.32 Å². The largest absolute Gasteiger partial charge is 0.401 e. The highest BCUT2D eigenvalue weighted by molar-refractivity contribution is 4.73. The van der Waals surface area contributed by atoms with Gasteiger partial charge in [-0.2, -0.15) is 13.2 Å². The summed E-state index contributed by atoms with van der Waals surface area (Å²) in [5, 5.41) is 2.50. The normalized spacial score (nSPS) is 28.0. The number of hydrogen-bond donors (Lipinski definition) is 1. The van der Waals surface area contributed by atoms with Crippen LogP contribution in [0.5, 0.6) is 0 Å². The van der Waals surface area contributed by atoms with Crippen LogP contribution in [0.3, 0.4) is 0 Å². The van der Waals surface area contributed by atoms with Crippen molar-refractivity contribution in [1.82, 2.24) is 5.32 Å². The van der Waals surface area contributed by atoms with Crippen molar-refractivity contribution in [3.63, 3.8) is 0 Å². The van der Waals surface area contributed by atoms with Crippen molar-refractivity contribution in [2.75, 3.05) is 13.1 Å². The molecule has 1 nitrogen and oxygen atoms in total. The Morgan fingerprint density at radius 1 is 1.07 bits per heavy atom. The SMILES string of the molecule is CCC1CCC(CNCC(F)(F)F)CC1. The average Bonchev–Trinajstić information content (AvgIpc) is 2.17. The van der Waals surface area contributed by atoms with Crippen LogP contribution in [0.2, 0.25) is 0 Å². The van der Waals surface area contributed by atoms with Gasteiger partial charge >= 0.3 is 6.18 Å². The molecule has 1 aliphatic carbocycles. The second-order valence-corrected chi connectivity index (χ2v) is 4.54. The molecule has 0 radical (unpaired) electrons. The van der Waals surface area contributed by atoms with Crippen LogP contribution >= 0.6 is 0 Å². The van der Waals surface area contributed by atoms with E-state index >= 15 is 0 Å². The Hall–Kier alpha value is -0.250. The second-order valence-electron chi connectivity index (χ2n) is 4.54. The molecule has 0 aromatic rings. The summed E-state index contributed by atoms with van der Waals surface area (Å²) < 4.78 is 35.6. The van der Waals surface area contributed by atoms with Gasteiger partial charge in [0.05, 0.1) is 6.54 Å². The van der Waals surface area contributed by atoms with Crippen molar-refractivity contribution in [1.29, 1.82) is 0 Å². The monoisotopic (exact) mass is 223 g/mol. The van der Waals surface area contributed by atoms with E-state index in [1.54, 1.807) is 0 Å². The Kier molecular flexibility index (Phi) is 4.90. The molecular formula is C11H20F3N. The molecule has 0 spiro atoms. The Morgan fingerprint density at radius 3 is 2.07 bits per heavy atom. The second kappa shape index (κ2) is 5.73. The molecule has 1 aliphatic rings. The standard InChI is InChI=1S/C11H20F3N/c1-2-9-3-5-10(6-4-9)7-15-8-11(12,13)14/h9-10,15H,2-8H2,1H3. The Labute approximate surface area is 89.4 Å². The molecule has 1 saturated carbocycles. The topological polar surface area (TPSA) is 12.0 Å². The Balaban J connectivity index is 2.09. The van der Waals surface area contributed by atoms with Gasteiger partial charge in [-0.25, -0.2) is 0 Å². The van der Waals surface area contributed by atoms with Crippen molar-refractivity contribution < 1.29 is 13.2 Å². The van der Waals surface area contributed by atoms with Crippen molar-refractivity contribution in [2.24, 2.45) is 11.8 Å². The molecule has 0 aromatic carbocycles. The zero-order chi connectivity index (χ0) is 11.3. The lowest BCUT2D eigenvalue weighted by Gasteiger charge is -2.28. The molecule has 4 heteroatoms. The maximum Gasteiger partial charge on any atom is 0.401 e. The molecular weight excluding hydrogens is 203 g/mol. The molecule has 0 aliphatic heterocycles. The number of halogens is 3. The summed E-state index contributed by atoms with van der Waals surface area (Å²) >= 11 is 0. The lowest BCUT2D eigenvalue weighted by molar-refractivity contribution is -0.125. The van der Waals surface area contributed by atoms with Gasteiger partial charge in [0.15, 0.2) is 0 Å². The van der Waals surface area contributed by atoms with E-state index in [1.165, 1.54) is 19.3 Å². The van der Waals surface area contributed by atoms with Gasteiger partial charge in [-0.15, -0.1) is 0 Å². The first-order valence-electron chi connectivity index (χ1n) is 5.78. The van der Waals surface area contributed by atoms with Gasteiger partial charge in [-0.1, -0.05) is 26.2 Å². The summed E-state index contributed by atoms with van der Waals surface area (Å²) in [6.45, 7) is 1.86. The van der Waals surface area contributed by atoms with Crippen molar-refractivity contribution >= 4 is 0 Å². The summed E-state index contributed by atoms with van der Waals surface area (Å²) in [7, 11) is 0. The van der Waals surface area contributed by atoms with Gasteiger partial charge in [0.2, 0.25) is 0 Å². The molecule has 0 atom stereocenters. The number of alkyl halides is 3. The highest BCUT2D eigenvalue weighted by Gasteiger charge is 2.27. The Bertz CT molecular complexity index is 171. The van der Waals surface area contributed by atoms with Crippen LogP contribution in [0.15, 0.2) is 0 Å². The molecule has 0 amide bonds. The molecule has 0 bridgehead atoms. The minimum absolute atomic E-state index is 0.454. The van der Waals surface area contributed by atoms with Crippen molar-refractivity contribution in [3.05, 3.63) is 0 Å². The van der Waals surface area contributed by atoms with E-state index < -0.39 is 12.7 Å². The molecule has 0 unspecified atom stereocenters. The van der Waals surface area contributed by atoms with Gasteiger partial charge in [0.1, 0.15) is 0 Å². The number of rotatable bonds is 4. The van der Waals surface area contributed by atoms with Crippen LogP contribution in [-0.4, -0.2) is 19.3 Å². The summed E-state index contributed by atoms with van der Waals surface area (Å²) in [6, 6.07) is 0. The van der Waals surface area contributed by atoms with E-state index in [9.17, 15) is 13.2 Å². The van der Waals surface area contributed by atoms with E-state index in [-0.39, 0.29) is 0 Å². The highest BCUT2D eigenvalue weighted by atomic mass is 19.4. The van der Waals surface area contributed by atoms with E-state index in [0.717, 1.165) is 18.8 Å². The third kappa shape index (κ3) is 5.40. The molecule has 1 N–H and O–H groups in total. The van der Waals surface area contributed by atoms with E-state index in [2.05, 4.69) is 12.2 Å². The molecule has 1 rings (SSSR count). The van der Waals surface area contributed by atoms with Crippen molar-refractivity contribution in [2.45, 2.75) is 45.2 Å². The van der Waals surface area contributed by atoms with Crippen LogP contribution in [-0.2, 0) is 0 Å². The van der Waals surface area contributed by atoms with Crippen molar-refractivity contribution in [3.8, 4) is 0 Å². The first-order chi connectivity index (χ1) is 7.01. The summed E-state index contributed by atoms with van der Waals surface area (Å²) in [5.74, 6) is 1.26. The summed E-state index contributed by atoms with van der Waals surface area (Å²) in [6.07, 6.45) is 1.69. The maximum atomic E-state index is 11.9. The minimum atomic E-state index is -4.07. The summed E-state index contributed by atoms with van der Waals surface area (Å²) in [4.78, 5) is 0. The van der Waals surface area contributed by atoms with E-state index in [4.69, 9.17) is 0 Å². The minimum Gasteiger partial charge on any atom is -0.308 e. The van der Waals surface area contributed by atoms with Crippen LogP contribution in [0.4, 0.5) is 13.2 Å². The molecule has 0 saturated heterocycles. The van der Waals surface area contributed by atoms with Crippen LogP contribution in [0.1, 0.15) is 39.0 Å². The third-order valence-electron chi connectivity index (χ3n) is 3.30. The fourth-order valence-electron chi connectivity index (χ4n) is 2.26. The maximum absolute atomic E-state index is 11.9. The predicted molar refractivity (Wildman–Crippen MR) is 54.7 cm³/mol. The number of nitrogens with one attached hydrogen (secondary N) is 1. The zero-order valence-electron chi connectivity index (χ0n) is 9.24. The van der Waals surface area contributed by atoms with E-state index in [1.807, 2.05) is 0 Å². The van der Waals surface area contributed by atoms with Gasteiger partial charge in [-0.05, 0) is 31.2 Å². The molecule has 1 fully saturated rings. The van der Waals surface area contributed by atoms with Crippen LogP contribution in [0.25, 0.3) is 0 Å². The molecule has 15 heavy (non-hydrogen) atoms. The lowest BCUT2D eigenvalue weighted by atomic mass is 9.81. The fourth-order valence-corrected chi connectivity index (χ4v) is 2.26. The summed E-state index contributed by atoms with van der Waals surface area (Å²) in [5.41, 5.74) is 0. The first kappa shape index (κ1) is 12.8. The molecule has 90 valence electrons. The smallest absolute Gasteiger partial charge is 0.308 e. The first-order valence-corrected chi connectivity index (χ1v) is 5.78. The third-order valence-corrected chi connectivity index (χ3v) is 3.30. The molecule has 0 heterocycles. The van der Waals surface area contributed by atoms with Crippen LogP contribution < -0.4 is 5.32 Å². The fraction of sp³-hybridized carbons (Fsp3) is 1.00.